The molecule has 0 saturated carbocycles. The Morgan fingerprint density at radius 1 is 1.06 bits per heavy atom. The smallest absolute Gasteiger partial charge is 0.256 e. The summed E-state index contributed by atoms with van der Waals surface area (Å²) in [4.78, 5) is 11.9. The fraction of sp³-hybridized carbons (Fsp3) is 0. The van der Waals surface area contributed by atoms with Gasteiger partial charge in [-0.3, -0.25) is 4.79 Å². The third-order valence-corrected chi connectivity index (χ3v) is 2.96. The Bertz CT molecular complexity index is 555. The van der Waals surface area contributed by atoms with E-state index in [-0.39, 0.29) is 11.7 Å². The van der Waals surface area contributed by atoms with Crippen molar-refractivity contribution >= 4 is 27.5 Å². The Morgan fingerprint density at radius 2 is 1.71 bits per heavy atom. The maximum atomic E-state index is 11.9. The number of hydrogen-bond acceptors (Lipinski definition) is 2. The fourth-order valence-corrected chi connectivity index (χ4v) is 1.88. The number of phenolic OH excluding ortho intramolecular Hbond substituents is 1. The van der Waals surface area contributed by atoms with Crippen molar-refractivity contribution in [2.45, 2.75) is 0 Å². The minimum atomic E-state index is -0.265. The molecule has 0 aliphatic carbocycles. The number of aromatic hydroxyl groups is 1. The molecule has 0 unspecified atom stereocenters. The molecular formula is C13H10BrNO2. The SMILES string of the molecule is O=C(Nc1ccccc1O)c1ccccc1Br. The lowest BCUT2D eigenvalue weighted by Crippen LogP contribution is -2.12. The van der Waals surface area contributed by atoms with Crippen molar-refractivity contribution in [3.05, 3.63) is 58.6 Å². The third-order valence-electron chi connectivity index (χ3n) is 2.27. The van der Waals surface area contributed by atoms with Gasteiger partial charge in [0, 0.05) is 4.47 Å². The summed E-state index contributed by atoms with van der Waals surface area (Å²) in [7, 11) is 0. The molecule has 0 atom stereocenters. The molecule has 0 radical (unpaired) electrons. The monoisotopic (exact) mass is 291 g/mol. The van der Waals surface area contributed by atoms with Gasteiger partial charge in [-0.25, -0.2) is 0 Å². The van der Waals surface area contributed by atoms with Gasteiger partial charge in [0.1, 0.15) is 5.75 Å². The Labute approximate surface area is 107 Å². The first-order chi connectivity index (χ1) is 8.18. The van der Waals surface area contributed by atoms with Gasteiger partial charge < -0.3 is 10.4 Å². The van der Waals surface area contributed by atoms with Crippen molar-refractivity contribution in [3.63, 3.8) is 0 Å². The average Bonchev–Trinajstić information content (AvgIpc) is 2.32. The predicted octanol–water partition coefficient (Wildman–Crippen LogP) is 3.41. The van der Waals surface area contributed by atoms with Crippen LogP contribution >= 0.6 is 15.9 Å². The number of nitrogens with one attached hydrogen (secondary N) is 1. The first kappa shape index (κ1) is 11.7. The topological polar surface area (TPSA) is 49.3 Å². The van der Waals surface area contributed by atoms with Crippen LogP contribution in [-0.2, 0) is 0 Å². The van der Waals surface area contributed by atoms with Gasteiger partial charge >= 0.3 is 0 Å². The van der Waals surface area contributed by atoms with E-state index in [0.717, 1.165) is 0 Å². The van der Waals surface area contributed by atoms with Crippen LogP contribution < -0.4 is 5.32 Å². The summed E-state index contributed by atoms with van der Waals surface area (Å²) in [5.74, 6) is -0.216. The van der Waals surface area contributed by atoms with Crippen LogP contribution in [0.2, 0.25) is 0 Å². The maximum absolute atomic E-state index is 11.9. The number of hydrogen-bond donors (Lipinski definition) is 2. The molecule has 2 aromatic rings. The largest absolute Gasteiger partial charge is 0.506 e. The van der Waals surface area contributed by atoms with Crippen molar-refractivity contribution < 1.29 is 9.90 Å². The van der Waals surface area contributed by atoms with Gasteiger partial charge in [0.05, 0.1) is 11.3 Å². The second-order valence-corrected chi connectivity index (χ2v) is 4.31. The van der Waals surface area contributed by atoms with Crippen molar-refractivity contribution in [1.29, 1.82) is 0 Å². The van der Waals surface area contributed by atoms with E-state index in [1.165, 1.54) is 6.07 Å². The number of benzene rings is 2. The molecule has 2 rings (SSSR count). The lowest BCUT2D eigenvalue weighted by Gasteiger charge is -2.07. The minimum Gasteiger partial charge on any atom is -0.506 e. The molecule has 0 aliphatic heterocycles. The van der Waals surface area contributed by atoms with E-state index >= 15 is 0 Å². The van der Waals surface area contributed by atoms with Crippen LogP contribution in [0.4, 0.5) is 5.69 Å². The molecule has 0 aliphatic rings. The molecule has 0 bridgehead atoms. The zero-order chi connectivity index (χ0) is 12.3. The number of carbonyl (C=O) groups excluding carboxylic acids is 1. The highest BCUT2D eigenvalue weighted by molar-refractivity contribution is 9.10. The van der Waals surface area contributed by atoms with Gasteiger partial charge in [-0.05, 0) is 40.2 Å². The lowest BCUT2D eigenvalue weighted by molar-refractivity contribution is 0.102. The minimum absolute atomic E-state index is 0.0490. The number of anilines is 1. The molecule has 0 fully saturated rings. The Balaban J connectivity index is 2.24. The molecule has 3 nitrogen and oxygen atoms in total. The van der Waals surface area contributed by atoms with Crippen molar-refractivity contribution in [2.75, 3.05) is 5.32 Å². The highest BCUT2D eigenvalue weighted by Crippen LogP contribution is 2.23. The first-order valence-corrected chi connectivity index (χ1v) is 5.81. The molecule has 0 aromatic heterocycles. The molecule has 86 valence electrons. The van der Waals surface area contributed by atoms with Gasteiger partial charge in [-0.1, -0.05) is 24.3 Å². The van der Waals surface area contributed by atoms with E-state index in [2.05, 4.69) is 21.2 Å². The Kier molecular flexibility index (Phi) is 3.44. The summed E-state index contributed by atoms with van der Waals surface area (Å²) in [6.45, 7) is 0. The number of rotatable bonds is 2. The van der Waals surface area contributed by atoms with Crippen LogP contribution in [0.5, 0.6) is 5.75 Å². The number of halogens is 1. The first-order valence-electron chi connectivity index (χ1n) is 5.02. The van der Waals surface area contributed by atoms with E-state index in [0.29, 0.717) is 15.7 Å². The fourth-order valence-electron chi connectivity index (χ4n) is 1.41. The zero-order valence-electron chi connectivity index (χ0n) is 8.85. The number of para-hydroxylation sites is 2. The third kappa shape index (κ3) is 2.65. The maximum Gasteiger partial charge on any atom is 0.256 e. The van der Waals surface area contributed by atoms with E-state index in [9.17, 15) is 9.90 Å². The summed E-state index contributed by atoms with van der Waals surface area (Å²) < 4.78 is 0.716. The molecule has 0 saturated heterocycles. The van der Waals surface area contributed by atoms with Crippen LogP contribution in [0, 0.1) is 0 Å². The lowest BCUT2D eigenvalue weighted by atomic mass is 10.2. The van der Waals surface area contributed by atoms with Gasteiger partial charge in [0.15, 0.2) is 0 Å². The number of phenols is 1. The van der Waals surface area contributed by atoms with Gasteiger partial charge in [0.2, 0.25) is 0 Å². The molecule has 2 N–H and O–H groups in total. The summed E-state index contributed by atoms with van der Waals surface area (Å²) >= 11 is 3.31. The van der Waals surface area contributed by atoms with Crippen LogP contribution in [0.1, 0.15) is 10.4 Å². The van der Waals surface area contributed by atoms with Crippen molar-refractivity contribution in [3.8, 4) is 5.75 Å². The van der Waals surface area contributed by atoms with E-state index in [1.807, 2.05) is 6.07 Å². The van der Waals surface area contributed by atoms with Crippen LogP contribution in [0.3, 0.4) is 0 Å². The summed E-state index contributed by atoms with van der Waals surface area (Å²) in [6.07, 6.45) is 0. The molecule has 2 aromatic carbocycles. The van der Waals surface area contributed by atoms with Crippen LogP contribution in [0.15, 0.2) is 53.0 Å². The normalized spacial score (nSPS) is 9.94. The Hall–Kier alpha value is -1.81. The second kappa shape index (κ2) is 5.01. The molecule has 0 spiro atoms. The Morgan fingerprint density at radius 3 is 2.41 bits per heavy atom. The number of amides is 1. The van der Waals surface area contributed by atoms with E-state index in [4.69, 9.17) is 0 Å². The summed E-state index contributed by atoms with van der Waals surface area (Å²) in [6, 6.07) is 13.7. The standard InChI is InChI=1S/C13H10BrNO2/c14-10-6-2-1-5-9(10)13(17)15-11-7-3-4-8-12(11)16/h1-8,16H,(H,15,17). The highest BCUT2D eigenvalue weighted by atomic mass is 79.9. The van der Waals surface area contributed by atoms with Crippen LogP contribution in [0.25, 0.3) is 0 Å². The van der Waals surface area contributed by atoms with Gasteiger partial charge in [-0.15, -0.1) is 0 Å². The van der Waals surface area contributed by atoms with E-state index < -0.39 is 0 Å². The summed E-state index contributed by atoms with van der Waals surface area (Å²) in [5.41, 5.74) is 0.920. The van der Waals surface area contributed by atoms with Crippen molar-refractivity contribution in [2.24, 2.45) is 0 Å². The molecular weight excluding hydrogens is 282 g/mol. The predicted molar refractivity (Wildman–Crippen MR) is 70.2 cm³/mol. The summed E-state index contributed by atoms with van der Waals surface area (Å²) in [5, 5.41) is 12.2. The number of carbonyl (C=O) groups is 1. The quantitative estimate of drug-likeness (QED) is 0.833. The molecule has 17 heavy (non-hydrogen) atoms. The molecule has 4 heteroatoms. The van der Waals surface area contributed by atoms with Gasteiger partial charge in [0.25, 0.3) is 5.91 Å². The van der Waals surface area contributed by atoms with Crippen LogP contribution in [-0.4, -0.2) is 11.0 Å². The van der Waals surface area contributed by atoms with Gasteiger partial charge in [-0.2, -0.15) is 0 Å². The molecule has 1 amide bonds. The second-order valence-electron chi connectivity index (χ2n) is 3.45. The zero-order valence-corrected chi connectivity index (χ0v) is 10.4. The van der Waals surface area contributed by atoms with Crippen molar-refractivity contribution in [1.82, 2.24) is 0 Å². The van der Waals surface area contributed by atoms with E-state index in [1.54, 1.807) is 36.4 Å². The molecule has 0 heterocycles. The average molecular weight is 292 g/mol. The highest BCUT2D eigenvalue weighted by Gasteiger charge is 2.10.